The lowest BCUT2D eigenvalue weighted by molar-refractivity contribution is 1.60. The minimum absolute atomic E-state index is 1.20. The quantitative estimate of drug-likeness (QED) is 0.152. The summed E-state index contributed by atoms with van der Waals surface area (Å²) in [6.07, 6.45) is 0. The largest absolute Gasteiger partial charge is 0.0622 e. The Balaban J connectivity index is 1.02. The van der Waals surface area contributed by atoms with Crippen LogP contribution in [0.2, 0.25) is 0 Å². The van der Waals surface area contributed by atoms with E-state index in [1.54, 1.807) is 0 Å². The summed E-state index contributed by atoms with van der Waals surface area (Å²) in [5.74, 6) is 0. The van der Waals surface area contributed by atoms with E-state index in [0.29, 0.717) is 0 Å². The van der Waals surface area contributed by atoms with Crippen LogP contribution in [0.5, 0.6) is 0 Å². The van der Waals surface area contributed by atoms with Crippen LogP contribution in [0.4, 0.5) is 0 Å². The SMILES string of the molecule is c1ccc(-c2ccc(-c3ccc4c(-c5ccc6ccc7cccc8ccc5c6c78)cc(-c5cc(-c6ccc7ccc8cccc9ccc6c7c89)c6ccccc6c5)cc4c3)cc2)cc1. The predicted octanol–water partition coefficient (Wildman–Crippen LogP) is 18.1. The summed E-state index contributed by atoms with van der Waals surface area (Å²) >= 11 is 0. The first-order chi connectivity index (χ1) is 31.7. The lowest BCUT2D eigenvalue weighted by Gasteiger charge is -2.19. The van der Waals surface area contributed by atoms with Gasteiger partial charge in [0.15, 0.2) is 0 Å². The first-order valence-corrected chi connectivity index (χ1v) is 22.3. The Bertz CT molecular complexity index is 4120. The molecule has 0 atom stereocenters. The third kappa shape index (κ3) is 5.30. The van der Waals surface area contributed by atoms with Crippen LogP contribution in [0.1, 0.15) is 0 Å². The van der Waals surface area contributed by atoms with Gasteiger partial charge >= 0.3 is 0 Å². The molecule has 0 spiro atoms. The third-order valence-electron chi connectivity index (χ3n) is 14.1. The molecule has 0 fully saturated rings. The summed E-state index contributed by atoms with van der Waals surface area (Å²) in [7, 11) is 0. The zero-order chi connectivity index (χ0) is 41.9. The molecule has 294 valence electrons. The highest BCUT2D eigenvalue weighted by Crippen LogP contribution is 2.46. The van der Waals surface area contributed by atoms with Crippen molar-refractivity contribution < 1.29 is 0 Å². The molecular weight excluding hydrogens is 769 g/mol. The van der Waals surface area contributed by atoms with Crippen molar-refractivity contribution in [2.24, 2.45) is 0 Å². The molecule has 0 unspecified atom stereocenters. The van der Waals surface area contributed by atoms with Crippen molar-refractivity contribution in [3.05, 3.63) is 231 Å². The number of rotatable bonds is 5. The third-order valence-corrected chi connectivity index (χ3v) is 14.1. The molecule has 14 aromatic rings. The van der Waals surface area contributed by atoms with Crippen LogP contribution in [0.15, 0.2) is 231 Å². The van der Waals surface area contributed by atoms with Crippen molar-refractivity contribution in [1.82, 2.24) is 0 Å². The molecule has 0 nitrogen and oxygen atoms in total. The fraction of sp³-hybridized carbons (Fsp3) is 0. The predicted molar refractivity (Wildman–Crippen MR) is 276 cm³/mol. The van der Waals surface area contributed by atoms with Gasteiger partial charge in [0.2, 0.25) is 0 Å². The normalized spacial score (nSPS) is 12.1. The Morgan fingerprint density at radius 1 is 0.156 bits per heavy atom. The molecule has 0 heterocycles. The van der Waals surface area contributed by atoms with E-state index in [1.165, 1.54) is 142 Å². The van der Waals surface area contributed by atoms with E-state index in [-0.39, 0.29) is 0 Å². The molecule has 0 aromatic heterocycles. The van der Waals surface area contributed by atoms with E-state index in [2.05, 4.69) is 231 Å². The molecule has 0 saturated carbocycles. The molecule has 0 amide bonds. The second-order valence-corrected chi connectivity index (χ2v) is 17.6. The molecule has 0 aliphatic rings. The summed E-state index contributed by atoms with van der Waals surface area (Å²) in [5, 5.41) is 20.6. The van der Waals surface area contributed by atoms with Gasteiger partial charge in [-0.15, -0.1) is 0 Å². The lowest BCUT2D eigenvalue weighted by Crippen LogP contribution is -1.92. The second-order valence-electron chi connectivity index (χ2n) is 17.6. The highest BCUT2D eigenvalue weighted by Gasteiger charge is 2.19. The number of hydrogen-bond donors (Lipinski definition) is 0. The molecule has 0 aliphatic carbocycles. The van der Waals surface area contributed by atoms with Crippen LogP contribution in [0.3, 0.4) is 0 Å². The maximum Gasteiger partial charge on any atom is -0.00206 e. The van der Waals surface area contributed by atoms with Crippen LogP contribution in [-0.4, -0.2) is 0 Å². The molecule has 0 heteroatoms. The van der Waals surface area contributed by atoms with Gasteiger partial charge in [0.25, 0.3) is 0 Å². The minimum Gasteiger partial charge on any atom is -0.0622 e. The van der Waals surface area contributed by atoms with Crippen molar-refractivity contribution >= 4 is 86.2 Å². The van der Waals surface area contributed by atoms with Crippen molar-refractivity contribution in [2.75, 3.05) is 0 Å². The van der Waals surface area contributed by atoms with Gasteiger partial charge in [0.05, 0.1) is 0 Å². The van der Waals surface area contributed by atoms with Crippen molar-refractivity contribution in [2.45, 2.75) is 0 Å². The van der Waals surface area contributed by atoms with E-state index in [9.17, 15) is 0 Å². The van der Waals surface area contributed by atoms with Crippen LogP contribution in [-0.2, 0) is 0 Å². The first kappa shape index (κ1) is 35.3. The maximum atomic E-state index is 2.46. The van der Waals surface area contributed by atoms with Gasteiger partial charge in [-0.05, 0) is 172 Å². The van der Waals surface area contributed by atoms with E-state index >= 15 is 0 Å². The van der Waals surface area contributed by atoms with E-state index in [1.807, 2.05) is 0 Å². The Morgan fingerprint density at radius 3 is 1.11 bits per heavy atom. The van der Waals surface area contributed by atoms with E-state index in [4.69, 9.17) is 0 Å². The molecule has 0 radical (unpaired) electrons. The average molecular weight is 807 g/mol. The molecule has 14 rings (SSSR count). The number of hydrogen-bond acceptors (Lipinski definition) is 0. The van der Waals surface area contributed by atoms with E-state index < -0.39 is 0 Å². The Morgan fingerprint density at radius 2 is 0.531 bits per heavy atom. The summed E-state index contributed by atoms with van der Waals surface area (Å²) in [6.45, 7) is 0. The van der Waals surface area contributed by atoms with Gasteiger partial charge in [-0.25, -0.2) is 0 Å². The fourth-order valence-corrected chi connectivity index (χ4v) is 11.1. The molecule has 0 bridgehead atoms. The highest BCUT2D eigenvalue weighted by molar-refractivity contribution is 6.28. The monoisotopic (exact) mass is 806 g/mol. The van der Waals surface area contributed by atoms with Gasteiger partial charge < -0.3 is 0 Å². The van der Waals surface area contributed by atoms with Crippen molar-refractivity contribution in [3.8, 4) is 55.6 Å². The molecule has 0 N–H and O–H groups in total. The Kier molecular flexibility index (Phi) is 7.49. The van der Waals surface area contributed by atoms with Gasteiger partial charge in [-0.3, -0.25) is 0 Å². The molecule has 14 aromatic carbocycles. The number of fused-ring (bicyclic) bond motifs is 2. The zero-order valence-electron chi connectivity index (χ0n) is 34.9. The first-order valence-electron chi connectivity index (χ1n) is 22.3. The van der Waals surface area contributed by atoms with Crippen LogP contribution < -0.4 is 0 Å². The highest BCUT2D eigenvalue weighted by atomic mass is 14.2. The zero-order valence-corrected chi connectivity index (χ0v) is 34.9. The molecule has 0 saturated heterocycles. The van der Waals surface area contributed by atoms with Crippen molar-refractivity contribution in [3.63, 3.8) is 0 Å². The van der Waals surface area contributed by atoms with Gasteiger partial charge in [0.1, 0.15) is 0 Å². The Hall–Kier alpha value is -8.32. The maximum absolute atomic E-state index is 2.46. The van der Waals surface area contributed by atoms with Crippen LogP contribution in [0.25, 0.3) is 142 Å². The smallest absolute Gasteiger partial charge is 0.00206 e. The minimum atomic E-state index is 1.20. The van der Waals surface area contributed by atoms with E-state index in [0.717, 1.165) is 0 Å². The van der Waals surface area contributed by atoms with Gasteiger partial charge in [-0.1, -0.05) is 200 Å². The molecule has 64 heavy (non-hydrogen) atoms. The lowest BCUT2D eigenvalue weighted by atomic mass is 9.85. The average Bonchev–Trinajstić information content (AvgIpc) is 3.36. The summed E-state index contributed by atoms with van der Waals surface area (Å²) < 4.78 is 0. The molecular formula is C64H38. The standard InChI is InChI=1S/C64H38/c1-2-8-39(9-3-1)40-16-18-41(19-17-40)48-28-29-54-52(34-48)36-51(38-60(54)56-31-25-47-23-21-43-12-7-14-45-27-33-58(56)64(47)62(43)45)50-35-49-10-4-5-15-53(49)59(37-50)55-30-24-46-22-20-42-11-6-13-44-26-32-57(55)63(46)61(42)44/h1-38H. The Labute approximate surface area is 370 Å². The fourth-order valence-electron chi connectivity index (χ4n) is 11.1. The van der Waals surface area contributed by atoms with Crippen molar-refractivity contribution in [1.29, 1.82) is 0 Å². The topological polar surface area (TPSA) is 0 Å². The van der Waals surface area contributed by atoms with Crippen LogP contribution in [0, 0.1) is 0 Å². The second kappa shape index (κ2) is 13.6. The summed E-state index contributed by atoms with van der Waals surface area (Å²) in [6, 6.07) is 86.5. The van der Waals surface area contributed by atoms with Gasteiger partial charge in [-0.2, -0.15) is 0 Å². The summed E-state index contributed by atoms with van der Waals surface area (Å²) in [4.78, 5) is 0. The number of benzene rings is 14. The molecule has 0 aliphatic heterocycles. The van der Waals surface area contributed by atoms with Crippen LogP contribution >= 0.6 is 0 Å². The summed E-state index contributed by atoms with van der Waals surface area (Å²) in [5.41, 5.74) is 12.3. The van der Waals surface area contributed by atoms with Gasteiger partial charge in [0, 0.05) is 0 Å².